The highest BCUT2D eigenvalue weighted by molar-refractivity contribution is 7.10. The van der Waals surface area contributed by atoms with Crippen molar-refractivity contribution in [3.8, 4) is 0 Å². The maximum Gasteiger partial charge on any atom is 0.407 e. The van der Waals surface area contributed by atoms with Crippen LogP contribution in [0.1, 0.15) is 38.5 Å². The molecule has 1 aliphatic rings. The number of hydrogen-bond donors (Lipinski definition) is 1. The van der Waals surface area contributed by atoms with Crippen LogP contribution in [0.15, 0.2) is 12.1 Å². The zero-order chi connectivity index (χ0) is 15.5. The molecule has 0 radical (unpaired) electrons. The van der Waals surface area contributed by atoms with Crippen molar-refractivity contribution in [2.45, 2.75) is 51.8 Å². The number of ether oxygens (including phenoxy) is 1. The molecule has 1 amide bonds. The summed E-state index contributed by atoms with van der Waals surface area (Å²) in [7, 11) is 0. The molecule has 0 saturated carbocycles. The van der Waals surface area contributed by atoms with Gasteiger partial charge in [0.1, 0.15) is 5.60 Å². The lowest BCUT2D eigenvalue weighted by molar-refractivity contribution is 0.0477. The molecule has 2 rings (SSSR count). The van der Waals surface area contributed by atoms with Crippen molar-refractivity contribution >= 4 is 17.4 Å². The number of hydrogen-bond acceptors (Lipinski definition) is 4. The first-order chi connectivity index (χ1) is 9.82. The van der Waals surface area contributed by atoms with Gasteiger partial charge in [-0.2, -0.15) is 4.39 Å². The molecular formula is C15H23FN2O2S. The van der Waals surface area contributed by atoms with Crippen molar-refractivity contribution in [3.63, 3.8) is 0 Å². The van der Waals surface area contributed by atoms with Crippen LogP contribution in [0.3, 0.4) is 0 Å². The Kier molecular flexibility index (Phi) is 5.22. The van der Waals surface area contributed by atoms with Gasteiger partial charge >= 0.3 is 6.09 Å². The number of carbonyl (C=O) groups is 1. The Balaban J connectivity index is 1.72. The first kappa shape index (κ1) is 16.2. The van der Waals surface area contributed by atoms with Crippen LogP contribution in [0.2, 0.25) is 0 Å². The van der Waals surface area contributed by atoms with Crippen molar-refractivity contribution in [3.05, 3.63) is 22.1 Å². The molecule has 1 aliphatic heterocycles. The number of rotatable bonds is 3. The maximum atomic E-state index is 13.0. The van der Waals surface area contributed by atoms with Gasteiger partial charge in [-0.25, -0.2) is 4.79 Å². The summed E-state index contributed by atoms with van der Waals surface area (Å²) in [5.74, 6) is 0. The average Bonchev–Trinajstić information content (AvgIpc) is 2.75. The molecule has 0 atom stereocenters. The first-order valence-corrected chi connectivity index (χ1v) is 8.09. The van der Waals surface area contributed by atoms with Crippen LogP contribution in [0, 0.1) is 5.13 Å². The summed E-state index contributed by atoms with van der Waals surface area (Å²) in [4.78, 5) is 15.1. The summed E-state index contributed by atoms with van der Waals surface area (Å²) in [5, 5.41) is 2.79. The summed E-state index contributed by atoms with van der Waals surface area (Å²) in [6, 6.07) is 3.51. The highest BCUT2D eigenvalue weighted by atomic mass is 32.1. The minimum absolute atomic E-state index is 0.133. The van der Waals surface area contributed by atoms with Crippen LogP contribution in [0.4, 0.5) is 9.18 Å². The van der Waals surface area contributed by atoms with Gasteiger partial charge in [0.25, 0.3) is 0 Å². The molecule has 0 aromatic carbocycles. The topological polar surface area (TPSA) is 41.6 Å². The van der Waals surface area contributed by atoms with Gasteiger partial charge in [0, 0.05) is 30.6 Å². The van der Waals surface area contributed by atoms with Gasteiger partial charge in [-0.1, -0.05) is 0 Å². The van der Waals surface area contributed by atoms with Gasteiger partial charge in [0.05, 0.1) is 0 Å². The smallest absolute Gasteiger partial charge is 0.407 e. The first-order valence-electron chi connectivity index (χ1n) is 7.28. The summed E-state index contributed by atoms with van der Waals surface area (Å²) in [5.41, 5.74) is -0.464. The van der Waals surface area contributed by atoms with E-state index in [0.717, 1.165) is 37.4 Å². The number of piperidine rings is 1. The summed E-state index contributed by atoms with van der Waals surface area (Å²) < 4.78 is 18.2. The molecule has 1 aromatic heterocycles. The van der Waals surface area contributed by atoms with Crippen molar-refractivity contribution in [2.24, 2.45) is 0 Å². The van der Waals surface area contributed by atoms with Crippen molar-refractivity contribution in [1.29, 1.82) is 0 Å². The van der Waals surface area contributed by atoms with Gasteiger partial charge in [-0.15, -0.1) is 11.3 Å². The lowest BCUT2D eigenvalue weighted by Crippen LogP contribution is -2.45. The number of halogens is 1. The van der Waals surface area contributed by atoms with E-state index in [-0.39, 0.29) is 17.3 Å². The predicted octanol–water partition coefficient (Wildman–Crippen LogP) is 3.38. The molecule has 1 aromatic rings. The number of carbonyl (C=O) groups excluding carboxylic acids is 1. The molecule has 0 spiro atoms. The van der Waals surface area contributed by atoms with Crippen LogP contribution >= 0.6 is 11.3 Å². The second-order valence-electron chi connectivity index (χ2n) is 6.40. The minimum atomic E-state index is -0.464. The molecule has 0 unspecified atom stereocenters. The van der Waals surface area contributed by atoms with E-state index in [1.54, 1.807) is 0 Å². The molecule has 1 saturated heterocycles. The van der Waals surface area contributed by atoms with E-state index >= 15 is 0 Å². The van der Waals surface area contributed by atoms with E-state index in [9.17, 15) is 9.18 Å². The number of nitrogens with one attached hydrogen (secondary N) is 1. The van der Waals surface area contributed by atoms with Gasteiger partial charge < -0.3 is 10.1 Å². The van der Waals surface area contributed by atoms with Gasteiger partial charge in [0.2, 0.25) is 0 Å². The van der Waals surface area contributed by atoms with E-state index in [4.69, 9.17) is 4.74 Å². The number of likely N-dealkylation sites (tertiary alicyclic amines) is 1. The maximum absolute atomic E-state index is 13.0. The van der Waals surface area contributed by atoms with E-state index in [1.165, 1.54) is 17.4 Å². The Hall–Kier alpha value is -1.14. The predicted molar refractivity (Wildman–Crippen MR) is 81.9 cm³/mol. The Morgan fingerprint density at radius 1 is 1.43 bits per heavy atom. The largest absolute Gasteiger partial charge is 0.444 e. The fourth-order valence-corrected chi connectivity index (χ4v) is 3.14. The van der Waals surface area contributed by atoms with Crippen molar-refractivity contribution < 1.29 is 13.9 Å². The number of alkyl carbamates (subject to hydrolysis) is 1. The Labute approximate surface area is 129 Å². The second-order valence-corrected chi connectivity index (χ2v) is 7.52. The third-order valence-electron chi connectivity index (χ3n) is 3.32. The van der Waals surface area contributed by atoms with Crippen LogP contribution < -0.4 is 5.32 Å². The van der Waals surface area contributed by atoms with E-state index < -0.39 is 5.60 Å². The molecule has 2 heterocycles. The molecule has 0 aliphatic carbocycles. The summed E-state index contributed by atoms with van der Waals surface area (Å²) in [6.07, 6.45) is 1.45. The molecule has 21 heavy (non-hydrogen) atoms. The molecule has 1 N–H and O–H groups in total. The number of nitrogens with zero attached hydrogens (tertiary/aromatic N) is 1. The zero-order valence-electron chi connectivity index (χ0n) is 12.8. The Bertz CT molecular complexity index is 476. The van der Waals surface area contributed by atoms with Crippen molar-refractivity contribution in [2.75, 3.05) is 13.1 Å². The Morgan fingerprint density at radius 3 is 2.62 bits per heavy atom. The molecule has 0 bridgehead atoms. The quantitative estimate of drug-likeness (QED) is 0.930. The van der Waals surface area contributed by atoms with E-state index in [2.05, 4.69) is 10.2 Å². The third kappa shape index (κ3) is 5.63. The molecule has 4 nitrogen and oxygen atoms in total. The monoisotopic (exact) mass is 314 g/mol. The second kappa shape index (κ2) is 6.75. The number of amides is 1. The van der Waals surface area contributed by atoms with Gasteiger partial charge in [-0.05, 0) is 45.7 Å². The minimum Gasteiger partial charge on any atom is -0.444 e. The van der Waals surface area contributed by atoms with Gasteiger partial charge in [-0.3, -0.25) is 4.90 Å². The molecule has 118 valence electrons. The third-order valence-corrected chi connectivity index (χ3v) is 4.18. The Morgan fingerprint density at radius 2 is 2.10 bits per heavy atom. The number of thiophene rings is 1. The lowest BCUT2D eigenvalue weighted by Gasteiger charge is -2.32. The van der Waals surface area contributed by atoms with E-state index in [0.29, 0.717) is 0 Å². The highest BCUT2D eigenvalue weighted by Gasteiger charge is 2.23. The van der Waals surface area contributed by atoms with E-state index in [1.807, 2.05) is 26.8 Å². The highest BCUT2D eigenvalue weighted by Crippen LogP contribution is 2.19. The van der Waals surface area contributed by atoms with Crippen LogP contribution in [-0.4, -0.2) is 35.7 Å². The summed E-state index contributed by atoms with van der Waals surface area (Å²) >= 11 is 1.20. The van der Waals surface area contributed by atoms with Gasteiger partial charge in [0.15, 0.2) is 5.13 Å². The average molecular weight is 314 g/mol. The molecule has 1 fully saturated rings. The fourth-order valence-electron chi connectivity index (χ4n) is 2.37. The van der Waals surface area contributed by atoms with Crippen molar-refractivity contribution in [1.82, 2.24) is 10.2 Å². The standard InChI is InChI=1S/C15H23FN2O2S/c1-15(2,3)20-14(19)17-11-6-8-18(9-7-11)10-12-4-5-13(16)21-12/h4-5,11H,6-10H2,1-3H3,(H,17,19). The molecule has 6 heteroatoms. The fraction of sp³-hybridized carbons (Fsp3) is 0.667. The SMILES string of the molecule is CC(C)(C)OC(=O)NC1CCN(Cc2ccc(F)s2)CC1. The van der Waals surface area contributed by atoms with Crippen LogP contribution in [0.25, 0.3) is 0 Å². The van der Waals surface area contributed by atoms with Crippen LogP contribution in [0.5, 0.6) is 0 Å². The molecular weight excluding hydrogens is 291 g/mol. The summed E-state index contributed by atoms with van der Waals surface area (Å²) in [6.45, 7) is 8.16. The lowest BCUT2D eigenvalue weighted by atomic mass is 10.1. The zero-order valence-corrected chi connectivity index (χ0v) is 13.6. The normalized spacial score (nSPS) is 17.7. The van der Waals surface area contributed by atoms with Crippen LogP contribution in [-0.2, 0) is 11.3 Å².